The van der Waals surface area contributed by atoms with Crippen LogP contribution in [0.25, 0.3) is 0 Å². The lowest BCUT2D eigenvalue weighted by atomic mass is 9.99. The second kappa shape index (κ2) is 9.78. The smallest absolute Gasteiger partial charge is 0.170 e. The molecule has 1 aromatic rings. The fourth-order valence-electron chi connectivity index (χ4n) is 2.31. The lowest BCUT2D eigenvalue weighted by Crippen LogP contribution is -2.32. The third kappa shape index (κ3) is 6.94. The van der Waals surface area contributed by atoms with Crippen molar-refractivity contribution in [3.63, 3.8) is 0 Å². The molecule has 0 saturated carbocycles. The van der Waals surface area contributed by atoms with Crippen molar-refractivity contribution in [1.82, 2.24) is 5.32 Å². The molecule has 0 aromatic heterocycles. The molecule has 0 aliphatic rings. The van der Waals surface area contributed by atoms with Crippen molar-refractivity contribution in [2.24, 2.45) is 5.92 Å². The Balaban J connectivity index is 2.39. The van der Waals surface area contributed by atoms with E-state index in [1.54, 1.807) is 0 Å². The van der Waals surface area contributed by atoms with Crippen LogP contribution in [0.2, 0.25) is 0 Å². The number of hydrogen-bond acceptors (Lipinski definition) is 1. The van der Waals surface area contributed by atoms with Gasteiger partial charge in [0.2, 0.25) is 0 Å². The zero-order valence-electron chi connectivity index (χ0n) is 13.9. The van der Waals surface area contributed by atoms with Crippen LogP contribution in [0.1, 0.15) is 64.9 Å². The number of hydrogen-bond donors (Lipinski definition) is 2. The van der Waals surface area contributed by atoms with Crippen LogP contribution in [-0.4, -0.2) is 11.7 Å². The van der Waals surface area contributed by atoms with Gasteiger partial charge in [-0.25, -0.2) is 0 Å². The van der Waals surface area contributed by atoms with Gasteiger partial charge in [0.1, 0.15) is 0 Å². The van der Waals surface area contributed by atoms with Crippen molar-refractivity contribution < 1.29 is 0 Å². The molecule has 1 aromatic carbocycles. The van der Waals surface area contributed by atoms with Gasteiger partial charge in [0.15, 0.2) is 5.11 Å². The van der Waals surface area contributed by atoms with Gasteiger partial charge in [0.25, 0.3) is 0 Å². The zero-order valence-corrected chi connectivity index (χ0v) is 14.7. The number of anilines is 1. The fraction of sp³-hybridized carbons (Fsp3) is 0.611. The Bertz CT molecular complexity index is 412. The van der Waals surface area contributed by atoms with Gasteiger partial charge in [0, 0.05) is 12.2 Å². The minimum atomic E-state index is 0.563. The van der Waals surface area contributed by atoms with E-state index in [1.807, 2.05) is 0 Å². The minimum absolute atomic E-state index is 0.563. The number of benzene rings is 1. The summed E-state index contributed by atoms with van der Waals surface area (Å²) in [5, 5.41) is 7.34. The molecule has 0 amide bonds. The van der Waals surface area contributed by atoms with Gasteiger partial charge < -0.3 is 10.6 Å². The molecule has 1 rings (SSSR count). The van der Waals surface area contributed by atoms with E-state index in [0.29, 0.717) is 11.8 Å². The van der Waals surface area contributed by atoms with Crippen molar-refractivity contribution in [3.05, 3.63) is 29.8 Å². The molecular weight excluding hydrogens is 276 g/mol. The molecule has 0 spiro atoms. The third-order valence-electron chi connectivity index (χ3n) is 3.93. The minimum Gasteiger partial charge on any atom is -0.362 e. The first-order chi connectivity index (χ1) is 10.1. The Labute approximate surface area is 135 Å². The maximum atomic E-state index is 5.38. The van der Waals surface area contributed by atoms with Gasteiger partial charge in [0.05, 0.1) is 0 Å². The largest absolute Gasteiger partial charge is 0.362 e. The summed E-state index contributed by atoms with van der Waals surface area (Å²) in [6.45, 7) is 9.87. The molecule has 2 nitrogen and oxygen atoms in total. The lowest BCUT2D eigenvalue weighted by molar-refractivity contribution is 0.446. The number of unbranched alkanes of at least 4 members (excludes halogenated alkanes) is 1. The zero-order chi connectivity index (χ0) is 15.7. The van der Waals surface area contributed by atoms with Crippen molar-refractivity contribution in [2.45, 2.75) is 59.3 Å². The van der Waals surface area contributed by atoms with Gasteiger partial charge in [-0.3, -0.25) is 0 Å². The molecule has 0 fully saturated rings. The average Bonchev–Trinajstić information content (AvgIpc) is 2.48. The average molecular weight is 307 g/mol. The second-order valence-electron chi connectivity index (χ2n) is 6.03. The Morgan fingerprint density at radius 2 is 1.81 bits per heavy atom. The van der Waals surface area contributed by atoms with E-state index in [-0.39, 0.29) is 0 Å². The Kier molecular flexibility index (Phi) is 8.36. The summed E-state index contributed by atoms with van der Waals surface area (Å²) in [6.07, 6.45) is 5.06. The van der Waals surface area contributed by atoms with Gasteiger partial charge in [-0.05, 0) is 48.2 Å². The van der Waals surface area contributed by atoms with E-state index in [0.717, 1.165) is 17.3 Å². The highest BCUT2D eigenvalue weighted by atomic mass is 32.1. The highest BCUT2D eigenvalue weighted by Crippen LogP contribution is 2.17. The first-order valence-corrected chi connectivity index (χ1v) is 8.62. The molecule has 0 radical (unpaired) electrons. The van der Waals surface area contributed by atoms with Crippen LogP contribution in [0, 0.1) is 5.92 Å². The van der Waals surface area contributed by atoms with Crippen molar-refractivity contribution in [1.29, 1.82) is 0 Å². The SMILES string of the molecule is CCCCC(CC)CNC(=S)Nc1ccc(C(C)C)cc1. The van der Waals surface area contributed by atoms with Crippen LogP contribution in [0.5, 0.6) is 0 Å². The highest BCUT2D eigenvalue weighted by Gasteiger charge is 2.06. The molecule has 3 heteroatoms. The second-order valence-corrected chi connectivity index (χ2v) is 6.44. The number of thiocarbonyl (C=S) groups is 1. The third-order valence-corrected chi connectivity index (χ3v) is 4.18. The van der Waals surface area contributed by atoms with E-state index in [2.05, 4.69) is 62.6 Å². The molecule has 21 heavy (non-hydrogen) atoms. The monoisotopic (exact) mass is 306 g/mol. The molecule has 0 saturated heterocycles. The highest BCUT2D eigenvalue weighted by molar-refractivity contribution is 7.80. The summed E-state index contributed by atoms with van der Waals surface area (Å²) in [5.41, 5.74) is 2.41. The summed E-state index contributed by atoms with van der Waals surface area (Å²) in [4.78, 5) is 0. The van der Waals surface area contributed by atoms with Gasteiger partial charge in [-0.1, -0.05) is 59.1 Å². The van der Waals surface area contributed by atoms with Crippen molar-refractivity contribution >= 4 is 23.0 Å². The van der Waals surface area contributed by atoms with Crippen LogP contribution in [0.4, 0.5) is 5.69 Å². The lowest BCUT2D eigenvalue weighted by Gasteiger charge is -2.17. The maximum absolute atomic E-state index is 5.38. The first-order valence-electron chi connectivity index (χ1n) is 8.21. The molecule has 0 aliphatic heterocycles. The van der Waals surface area contributed by atoms with Crippen LogP contribution in [-0.2, 0) is 0 Å². The van der Waals surface area contributed by atoms with Crippen LogP contribution in [0.15, 0.2) is 24.3 Å². The molecule has 2 N–H and O–H groups in total. The Hall–Kier alpha value is -1.09. The quantitative estimate of drug-likeness (QED) is 0.636. The first kappa shape index (κ1) is 18.0. The van der Waals surface area contributed by atoms with Crippen LogP contribution in [0.3, 0.4) is 0 Å². The topological polar surface area (TPSA) is 24.1 Å². The fourth-order valence-corrected chi connectivity index (χ4v) is 2.51. The van der Waals surface area contributed by atoms with E-state index >= 15 is 0 Å². The molecule has 118 valence electrons. The van der Waals surface area contributed by atoms with E-state index in [4.69, 9.17) is 12.2 Å². The van der Waals surface area contributed by atoms with Gasteiger partial charge in [-0.2, -0.15) is 0 Å². The molecule has 0 heterocycles. The number of nitrogens with one attached hydrogen (secondary N) is 2. The van der Waals surface area contributed by atoms with Crippen LogP contribution < -0.4 is 10.6 Å². The van der Waals surface area contributed by atoms with Gasteiger partial charge >= 0.3 is 0 Å². The van der Waals surface area contributed by atoms with E-state index in [1.165, 1.54) is 31.2 Å². The predicted octanol–water partition coefficient (Wildman–Crippen LogP) is 5.31. The normalized spacial score (nSPS) is 12.2. The van der Waals surface area contributed by atoms with E-state index < -0.39 is 0 Å². The van der Waals surface area contributed by atoms with Crippen LogP contribution >= 0.6 is 12.2 Å². The summed E-state index contributed by atoms with van der Waals surface area (Å²) < 4.78 is 0. The predicted molar refractivity (Wildman–Crippen MR) is 98.1 cm³/mol. The summed E-state index contributed by atoms with van der Waals surface area (Å²) in [7, 11) is 0. The molecule has 1 unspecified atom stereocenters. The molecular formula is C18H30N2S. The molecule has 0 bridgehead atoms. The van der Waals surface area contributed by atoms with Crippen molar-refractivity contribution in [2.75, 3.05) is 11.9 Å². The Morgan fingerprint density at radius 3 is 2.33 bits per heavy atom. The van der Waals surface area contributed by atoms with Gasteiger partial charge in [-0.15, -0.1) is 0 Å². The maximum Gasteiger partial charge on any atom is 0.170 e. The summed E-state index contributed by atoms with van der Waals surface area (Å²) in [6, 6.07) is 8.51. The standard InChI is InChI=1S/C18H30N2S/c1-5-7-8-15(6-2)13-19-18(21)20-17-11-9-16(10-12-17)14(3)4/h9-12,14-15H,5-8,13H2,1-4H3,(H2,19,20,21). The van der Waals surface area contributed by atoms with E-state index in [9.17, 15) is 0 Å². The Morgan fingerprint density at radius 1 is 1.14 bits per heavy atom. The van der Waals surface area contributed by atoms with Crippen molar-refractivity contribution in [3.8, 4) is 0 Å². The molecule has 0 aliphatic carbocycles. The molecule has 1 atom stereocenters. The summed E-state index contributed by atoms with van der Waals surface area (Å²) in [5.74, 6) is 1.28. The number of rotatable bonds is 8. The summed E-state index contributed by atoms with van der Waals surface area (Å²) >= 11 is 5.38.